The minimum absolute atomic E-state index is 0.121. The molecule has 7 nitrogen and oxygen atoms in total. The second-order valence-corrected chi connectivity index (χ2v) is 6.36. The molecule has 148 valence electrons. The van der Waals surface area contributed by atoms with Crippen molar-refractivity contribution in [1.29, 1.82) is 0 Å². The summed E-state index contributed by atoms with van der Waals surface area (Å²) in [6.45, 7) is 0.180. The van der Waals surface area contributed by atoms with E-state index in [-0.39, 0.29) is 19.1 Å². The fourth-order valence-electron chi connectivity index (χ4n) is 2.93. The smallest absolute Gasteiger partial charge is 0.405 e. The van der Waals surface area contributed by atoms with Gasteiger partial charge in [0, 0.05) is 26.2 Å². The zero-order chi connectivity index (χ0) is 19.4. The average Bonchev–Trinajstić information content (AvgIpc) is 2.65. The van der Waals surface area contributed by atoms with E-state index < -0.39 is 24.7 Å². The number of ether oxygens (including phenoxy) is 2. The van der Waals surface area contributed by atoms with Crippen LogP contribution >= 0.6 is 0 Å². The van der Waals surface area contributed by atoms with Crippen molar-refractivity contribution in [3.63, 3.8) is 0 Å². The quantitative estimate of drug-likeness (QED) is 0.822. The van der Waals surface area contributed by atoms with Crippen LogP contribution in [0, 0.1) is 0 Å². The second kappa shape index (κ2) is 8.03. The number of benzene rings is 1. The third kappa shape index (κ3) is 5.25. The highest BCUT2D eigenvalue weighted by Gasteiger charge is 2.33. The summed E-state index contributed by atoms with van der Waals surface area (Å²) in [6, 6.07) is 7.09. The van der Waals surface area contributed by atoms with Crippen molar-refractivity contribution in [3.05, 3.63) is 24.3 Å². The SMILES string of the molecule is O=C(CN1CCN(C(=O)[C@H]2COc3ccccc3O2)CC1)NCC(F)(F)F. The Morgan fingerprint density at radius 3 is 2.44 bits per heavy atom. The molecule has 2 amide bonds. The van der Waals surface area contributed by atoms with Gasteiger partial charge in [-0.25, -0.2) is 0 Å². The first-order valence-electron chi connectivity index (χ1n) is 8.55. The van der Waals surface area contributed by atoms with Gasteiger partial charge in [-0.05, 0) is 12.1 Å². The Bertz CT molecular complexity index is 690. The van der Waals surface area contributed by atoms with Crippen molar-refractivity contribution in [2.75, 3.05) is 45.9 Å². The number of piperazine rings is 1. The topological polar surface area (TPSA) is 71.1 Å². The molecule has 10 heteroatoms. The number of amides is 2. The molecule has 3 rings (SSSR count). The monoisotopic (exact) mass is 387 g/mol. The summed E-state index contributed by atoms with van der Waals surface area (Å²) in [5.74, 6) is 0.219. The fourth-order valence-corrected chi connectivity index (χ4v) is 2.93. The van der Waals surface area contributed by atoms with Gasteiger partial charge in [-0.15, -0.1) is 0 Å². The molecule has 1 aromatic carbocycles. The number of nitrogens with one attached hydrogen (secondary N) is 1. The van der Waals surface area contributed by atoms with E-state index in [1.807, 2.05) is 11.4 Å². The predicted octanol–water partition coefficient (Wildman–Crippen LogP) is 0.649. The fraction of sp³-hybridized carbons (Fsp3) is 0.529. The van der Waals surface area contributed by atoms with Crippen molar-refractivity contribution in [2.45, 2.75) is 12.3 Å². The van der Waals surface area contributed by atoms with Crippen molar-refractivity contribution >= 4 is 11.8 Å². The van der Waals surface area contributed by atoms with Gasteiger partial charge in [0.1, 0.15) is 13.2 Å². The van der Waals surface area contributed by atoms with Crippen LogP contribution in [-0.4, -0.2) is 79.8 Å². The van der Waals surface area contributed by atoms with Crippen LogP contribution in [0.3, 0.4) is 0 Å². The Morgan fingerprint density at radius 2 is 1.78 bits per heavy atom. The lowest BCUT2D eigenvalue weighted by Gasteiger charge is -2.36. The molecule has 0 unspecified atom stereocenters. The maximum atomic E-state index is 12.6. The molecule has 0 aromatic heterocycles. The van der Waals surface area contributed by atoms with Gasteiger partial charge in [0.15, 0.2) is 11.5 Å². The van der Waals surface area contributed by atoms with E-state index in [1.54, 1.807) is 28.0 Å². The Morgan fingerprint density at radius 1 is 1.11 bits per heavy atom. The minimum atomic E-state index is -4.43. The molecule has 1 aromatic rings. The lowest BCUT2D eigenvalue weighted by molar-refractivity contribution is -0.144. The molecule has 2 aliphatic rings. The van der Waals surface area contributed by atoms with Crippen LogP contribution in [0.4, 0.5) is 13.2 Å². The summed E-state index contributed by atoms with van der Waals surface area (Å²) in [4.78, 5) is 27.5. The molecule has 1 fully saturated rings. The molecule has 2 heterocycles. The number of para-hydroxylation sites is 2. The first-order valence-corrected chi connectivity index (χ1v) is 8.55. The molecule has 1 N–H and O–H groups in total. The van der Waals surface area contributed by atoms with Crippen molar-refractivity contribution in [1.82, 2.24) is 15.1 Å². The van der Waals surface area contributed by atoms with Crippen LogP contribution in [0.2, 0.25) is 0 Å². The van der Waals surface area contributed by atoms with Crippen LogP contribution in [0.25, 0.3) is 0 Å². The lowest BCUT2D eigenvalue weighted by atomic mass is 10.2. The Hall–Kier alpha value is -2.49. The number of hydrogen-bond acceptors (Lipinski definition) is 5. The number of halogens is 3. The number of hydrogen-bond donors (Lipinski definition) is 1. The molecule has 0 bridgehead atoms. The van der Waals surface area contributed by atoms with E-state index in [4.69, 9.17) is 9.47 Å². The zero-order valence-corrected chi connectivity index (χ0v) is 14.5. The van der Waals surface area contributed by atoms with E-state index in [0.717, 1.165) is 0 Å². The predicted molar refractivity (Wildman–Crippen MR) is 88.4 cm³/mol. The van der Waals surface area contributed by atoms with Gasteiger partial charge < -0.3 is 19.7 Å². The molecule has 2 aliphatic heterocycles. The third-order valence-electron chi connectivity index (χ3n) is 4.32. The minimum Gasteiger partial charge on any atom is -0.485 e. The van der Waals surface area contributed by atoms with Gasteiger partial charge in [-0.1, -0.05) is 12.1 Å². The number of rotatable bonds is 4. The molecule has 1 saturated heterocycles. The highest BCUT2D eigenvalue weighted by molar-refractivity contribution is 5.82. The molecule has 1 atom stereocenters. The summed E-state index contributed by atoms with van der Waals surface area (Å²) in [6.07, 6.45) is -5.16. The van der Waals surface area contributed by atoms with Gasteiger partial charge in [0.05, 0.1) is 6.54 Å². The first-order chi connectivity index (χ1) is 12.8. The molecule has 0 aliphatic carbocycles. The van der Waals surface area contributed by atoms with Crippen LogP contribution in [0.15, 0.2) is 24.3 Å². The third-order valence-corrected chi connectivity index (χ3v) is 4.32. The van der Waals surface area contributed by atoms with Gasteiger partial charge >= 0.3 is 6.18 Å². The van der Waals surface area contributed by atoms with Crippen molar-refractivity contribution < 1.29 is 32.2 Å². The van der Waals surface area contributed by atoms with Gasteiger partial charge in [0.2, 0.25) is 12.0 Å². The first kappa shape index (κ1) is 19.3. The molecular formula is C17H20F3N3O4. The maximum absolute atomic E-state index is 12.6. The highest BCUT2D eigenvalue weighted by atomic mass is 19.4. The highest BCUT2D eigenvalue weighted by Crippen LogP contribution is 2.31. The van der Waals surface area contributed by atoms with E-state index >= 15 is 0 Å². The van der Waals surface area contributed by atoms with Crippen LogP contribution < -0.4 is 14.8 Å². The van der Waals surface area contributed by atoms with E-state index in [0.29, 0.717) is 37.7 Å². The van der Waals surface area contributed by atoms with E-state index in [1.165, 1.54) is 0 Å². The lowest BCUT2D eigenvalue weighted by Crippen LogP contribution is -2.55. The molecule has 27 heavy (non-hydrogen) atoms. The summed E-state index contributed by atoms with van der Waals surface area (Å²) >= 11 is 0. The van der Waals surface area contributed by atoms with Crippen molar-refractivity contribution in [3.8, 4) is 11.5 Å². The standard InChI is InChI=1S/C17H20F3N3O4/c18-17(19,20)11-21-15(24)9-22-5-7-23(8-6-22)16(25)14-10-26-12-3-1-2-4-13(12)27-14/h1-4,14H,5-11H2,(H,21,24)/t14-/m1/s1. The van der Waals surface area contributed by atoms with Gasteiger partial charge in [-0.3, -0.25) is 14.5 Å². The van der Waals surface area contributed by atoms with Crippen LogP contribution in [-0.2, 0) is 9.59 Å². The normalized spacial score (nSPS) is 20.3. The number of fused-ring (bicyclic) bond motifs is 1. The van der Waals surface area contributed by atoms with Gasteiger partial charge in [0.25, 0.3) is 5.91 Å². The zero-order valence-electron chi connectivity index (χ0n) is 14.5. The number of alkyl halides is 3. The van der Waals surface area contributed by atoms with Crippen LogP contribution in [0.1, 0.15) is 0 Å². The molecular weight excluding hydrogens is 367 g/mol. The Kier molecular flexibility index (Phi) is 5.73. The summed E-state index contributed by atoms with van der Waals surface area (Å²) < 4.78 is 47.6. The average molecular weight is 387 g/mol. The number of nitrogens with zero attached hydrogens (tertiary/aromatic N) is 2. The molecule has 0 spiro atoms. The van der Waals surface area contributed by atoms with Crippen LogP contribution in [0.5, 0.6) is 11.5 Å². The maximum Gasteiger partial charge on any atom is 0.405 e. The second-order valence-electron chi connectivity index (χ2n) is 6.36. The summed E-state index contributed by atoms with van der Waals surface area (Å²) in [5, 5.41) is 1.84. The van der Waals surface area contributed by atoms with Crippen molar-refractivity contribution in [2.24, 2.45) is 0 Å². The van der Waals surface area contributed by atoms with E-state index in [2.05, 4.69) is 0 Å². The van der Waals surface area contributed by atoms with E-state index in [9.17, 15) is 22.8 Å². The molecule has 0 radical (unpaired) electrons. The summed E-state index contributed by atoms with van der Waals surface area (Å²) in [7, 11) is 0. The number of carbonyl (C=O) groups is 2. The Balaban J connectivity index is 1.44. The largest absolute Gasteiger partial charge is 0.485 e. The Labute approximate surface area is 154 Å². The van der Waals surface area contributed by atoms with Gasteiger partial charge in [-0.2, -0.15) is 13.2 Å². The number of carbonyl (C=O) groups excluding carboxylic acids is 2. The molecule has 0 saturated carbocycles. The summed E-state index contributed by atoms with van der Waals surface area (Å²) in [5.41, 5.74) is 0.